The minimum atomic E-state index is -0.454. The smallest absolute Gasteiger partial charge is 0.303 e. The number of carbonyl (C=O) groups excluding carboxylic acids is 2. The summed E-state index contributed by atoms with van der Waals surface area (Å²) in [4.78, 5) is 23.4. The molecule has 0 unspecified atom stereocenters. The maximum atomic E-state index is 11.8. The Labute approximate surface area is 180 Å². The Kier molecular flexibility index (Phi) is 5.37. The molecule has 3 fully saturated rings. The van der Waals surface area contributed by atoms with Gasteiger partial charge < -0.3 is 9.47 Å². The van der Waals surface area contributed by atoms with E-state index in [0.29, 0.717) is 23.7 Å². The quantitative estimate of drug-likeness (QED) is 0.366. The monoisotopic (exact) mass is 410 g/mol. The van der Waals surface area contributed by atoms with Gasteiger partial charge in [-0.2, -0.15) is 0 Å². The molecule has 0 aromatic carbocycles. The summed E-state index contributed by atoms with van der Waals surface area (Å²) in [5, 5.41) is 0. The molecule has 4 nitrogen and oxygen atoms in total. The van der Waals surface area contributed by atoms with Crippen LogP contribution in [0, 0.1) is 41.4 Å². The molecular formula is C26H34O4. The highest BCUT2D eigenvalue weighted by molar-refractivity contribution is 5.67. The van der Waals surface area contributed by atoms with Crippen LogP contribution < -0.4 is 0 Å². The standard InChI is InChI=1S/C26H34O4/c1-6-7-18-14-23-22-9-8-19-15-25(4,30-17(3)28)12-10-20(19)21(22)11-13-26(23,5)24(18)29-16(2)27/h1,7,15,20-24H,8-14H2,2-5H3/t20-,21+,22+,23-,24-,25-,26-/m0/s1. The number of rotatable bonds is 2. The summed E-state index contributed by atoms with van der Waals surface area (Å²) >= 11 is 0. The van der Waals surface area contributed by atoms with Crippen molar-refractivity contribution in [2.75, 3.05) is 0 Å². The summed E-state index contributed by atoms with van der Waals surface area (Å²) in [6.45, 7) is 7.34. The van der Waals surface area contributed by atoms with Crippen LogP contribution in [0.4, 0.5) is 0 Å². The lowest BCUT2D eigenvalue weighted by Gasteiger charge is -2.54. The fourth-order valence-electron chi connectivity index (χ4n) is 7.38. The number of fused-ring (bicyclic) bond motifs is 5. The van der Waals surface area contributed by atoms with Gasteiger partial charge in [0.05, 0.1) is 0 Å². The normalized spacial score (nSPS) is 43.5. The van der Waals surface area contributed by atoms with Crippen molar-refractivity contribution in [3.05, 3.63) is 23.3 Å². The summed E-state index contributed by atoms with van der Waals surface area (Å²) in [7, 11) is 0. The first kappa shape index (κ1) is 21.2. The van der Waals surface area contributed by atoms with Crippen molar-refractivity contribution in [3.63, 3.8) is 0 Å². The van der Waals surface area contributed by atoms with Gasteiger partial charge in [0.15, 0.2) is 0 Å². The molecule has 0 spiro atoms. The zero-order chi connectivity index (χ0) is 21.7. The van der Waals surface area contributed by atoms with E-state index in [9.17, 15) is 9.59 Å². The van der Waals surface area contributed by atoms with Gasteiger partial charge in [-0.05, 0) is 93.3 Å². The maximum Gasteiger partial charge on any atom is 0.303 e. The van der Waals surface area contributed by atoms with Gasteiger partial charge in [0.25, 0.3) is 0 Å². The Bertz CT molecular complexity index is 846. The van der Waals surface area contributed by atoms with Gasteiger partial charge in [0.2, 0.25) is 0 Å². The molecule has 4 aliphatic carbocycles. The number of hydrogen-bond acceptors (Lipinski definition) is 4. The number of hydrogen-bond donors (Lipinski definition) is 0. The Morgan fingerprint density at radius 1 is 1.13 bits per heavy atom. The van der Waals surface area contributed by atoms with E-state index in [-0.39, 0.29) is 23.5 Å². The van der Waals surface area contributed by atoms with Crippen LogP contribution in [0.5, 0.6) is 0 Å². The van der Waals surface area contributed by atoms with Gasteiger partial charge >= 0.3 is 11.9 Å². The molecule has 0 radical (unpaired) electrons. The average Bonchev–Trinajstić information content (AvgIpc) is 2.92. The molecular weight excluding hydrogens is 376 g/mol. The molecule has 4 rings (SSSR count). The maximum absolute atomic E-state index is 11.8. The van der Waals surface area contributed by atoms with Crippen LogP contribution in [0.25, 0.3) is 0 Å². The number of esters is 2. The van der Waals surface area contributed by atoms with Crippen LogP contribution in [-0.4, -0.2) is 23.6 Å². The molecule has 0 heterocycles. The van der Waals surface area contributed by atoms with Crippen molar-refractivity contribution in [1.29, 1.82) is 0 Å². The summed E-state index contributed by atoms with van der Waals surface area (Å²) < 4.78 is 11.5. The molecule has 0 N–H and O–H groups in total. The Hall–Kier alpha value is -2.02. The van der Waals surface area contributed by atoms with Crippen molar-refractivity contribution in [2.45, 2.75) is 84.3 Å². The first-order chi connectivity index (χ1) is 14.2. The Balaban J connectivity index is 1.60. The lowest BCUT2D eigenvalue weighted by atomic mass is 9.51. The van der Waals surface area contributed by atoms with Crippen molar-refractivity contribution in [1.82, 2.24) is 0 Å². The van der Waals surface area contributed by atoms with Gasteiger partial charge in [-0.15, -0.1) is 6.42 Å². The van der Waals surface area contributed by atoms with E-state index in [2.05, 4.69) is 18.9 Å². The minimum absolute atomic E-state index is 0.0301. The lowest BCUT2D eigenvalue weighted by molar-refractivity contribution is -0.154. The van der Waals surface area contributed by atoms with Crippen molar-refractivity contribution in [2.24, 2.45) is 29.1 Å². The molecule has 0 bridgehead atoms. The van der Waals surface area contributed by atoms with E-state index in [0.717, 1.165) is 50.5 Å². The van der Waals surface area contributed by atoms with Gasteiger partial charge in [-0.25, -0.2) is 0 Å². The minimum Gasteiger partial charge on any atom is -0.457 e. The zero-order valence-corrected chi connectivity index (χ0v) is 18.7. The molecule has 0 saturated heterocycles. The number of terminal acetylenes is 1. The van der Waals surface area contributed by atoms with Crippen LogP contribution in [0.2, 0.25) is 0 Å². The van der Waals surface area contributed by atoms with E-state index in [1.807, 2.05) is 13.0 Å². The van der Waals surface area contributed by atoms with Gasteiger partial charge in [0, 0.05) is 19.3 Å². The summed E-state index contributed by atoms with van der Waals surface area (Å²) in [5.41, 5.74) is 2.12. The fourth-order valence-corrected chi connectivity index (χ4v) is 7.38. The van der Waals surface area contributed by atoms with E-state index in [4.69, 9.17) is 15.9 Å². The van der Waals surface area contributed by atoms with E-state index in [1.54, 1.807) is 0 Å². The summed E-state index contributed by atoms with van der Waals surface area (Å²) in [5.74, 6) is 4.63. The molecule has 4 heteroatoms. The molecule has 162 valence electrons. The van der Waals surface area contributed by atoms with Crippen LogP contribution >= 0.6 is 0 Å². The lowest BCUT2D eigenvalue weighted by Crippen LogP contribution is -2.49. The third kappa shape index (κ3) is 3.51. The van der Waals surface area contributed by atoms with Gasteiger partial charge in [0.1, 0.15) is 11.7 Å². The van der Waals surface area contributed by atoms with E-state index >= 15 is 0 Å². The molecule has 0 aromatic rings. The zero-order valence-electron chi connectivity index (χ0n) is 18.7. The second-order valence-corrected chi connectivity index (χ2v) is 10.4. The Morgan fingerprint density at radius 3 is 2.57 bits per heavy atom. The third-order valence-corrected chi connectivity index (χ3v) is 8.45. The Morgan fingerprint density at radius 2 is 1.90 bits per heavy atom. The van der Waals surface area contributed by atoms with Crippen molar-refractivity contribution in [3.8, 4) is 12.3 Å². The van der Waals surface area contributed by atoms with Crippen LogP contribution in [0.1, 0.15) is 72.6 Å². The first-order valence-corrected chi connectivity index (χ1v) is 11.4. The summed E-state index contributed by atoms with van der Waals surface area (Å²) in [6.07, 6.45) is 16.9. The average molecular weight is 411 g/mol. The van der Waals surface area contributed by atoms with Gasteiger partial charge in [-0.1, -0.05) is 18.4 Å². The first-order valence-electron chi connectivity index (χ1n) is 11.4. The molecule has 0 aliphatic heterocycles. The fraction of sp³-hybridized carbons (Fsp3) is 0.692. The molecule has 0 aromatic heterocycles. The number of ether oxygens (including phenoxy) is 2. The molecule has 3 saturated carbocycles. The second kappa shape index (κ2) is 7.59. The topological polar surface area (TPSA) is 52.6 Å². The highest BCUT2D eigenvalue weighted by Gasteiger charge is 2.59. The van der Waals surface area contributed by atoms with Crippen LogP contribution in [0.3, 0.4) is 0 Å². The largest absolute Gasteiger partial charge is 0.457 e. The van der Waals surface area contributed by atoms with Crippen LogP contribution in [0.15, 0.2) is 23.3 Å². The van der Waals surface area contributed by atoms with E-state index in [1.165, 1.54) is 19.4 Å². The summed E-state index contributed by atoms with van der Waals surface area (Å²) in [6, 6.07) is 0. The molecule has 4 aliphatic rings. The highest BCUT2D eigenvalue weighted by atomic mass is 16.6. The van der Waals surface area contributed by atoms with Crippen molar-refractivity contribution < 1.29 is 19.1 Å². The number of carbonyl (C=O) groups is 2. The molecule has 0 amide bonds. The van der Waals surface area contributed by atoms with Crippen LogP contribution in [-0.2, 0) is 19.1 Å². The predicted molar refractivity (Wildman–Crippen MR) is 115 cm³/mol. The molecule has 7 atom stereocenters. The SMILES string of the molecule is C#CC=C1C[C@H]2[C@@H]3CCC4=C[C@@](C)(OC(C)=O)CC[C@@H]4[C@H]3CC[C@]2(C)[C@H]1OC(C)=O. The second-order valence-electron chi connectivity index (χ2n) is 10.4. The highest BCUT2D eigenvalue weighted by Crippen LogP contribution is 2.64. The van der Waals surface area contributed by atoms with E-state index < -0.39 is 5.60 Å². The molecule has 30 heavy (non-hydrogen) atoms. The van der Waals surface area contributed by atoms with Gasteiger partial charge in [-0.3, -0.25) is 9.59 Å². The number of allylic oxidation sites excluding steroid dienone is 2. The predicted octanol–water partition coefficient (Wildman–Crippen LogP) is 4.98. The third-order valence-electron chi connectivity index (χ3n) is 8.45. The van der Waals surface area contributed by atoms with Crippen molar-refractivity contribution >= 4 is 11.9 Å².